The first-order valence-corrected chi connectivity index (χ1v) is 8.70. The Bertz CT molecular complexity index is 815. The van der Waals surface area contributed by atoms with Gasteiger partial charge in [0.2, 0.25) is 0 Å². The van der Waals surface area contributed by atoms with E-state index in [0.29, 0.717) is 22.3 Å². The predicted octanol–water partition coefficient (Wildman–Crippen LogP) is 2.95. The van der Waals surface area contributed by atoms with Crippen LogP contribution in [0.25, 0.3) is 0 Å². The van der Waals surface area contributed by atoms with Crippen molar-refractivity contribution in [2.24, 2.45) is 7.05 Å². The Kier molecular flexibility index (Phi) is 5.01. The highest BCUT2D eigenvalue weighted by molar-refractivity contribution is 6.39. The van der Waals surface area contributed by atoms with Gasteiger partial charge in [-0.1, -0.05) is 29.3 Å². The third-order valence-corrected chi connectivity index (χ3v) is 5.09. The second kappa shape index (κ2) is 7.06. The van der Waals surface area contributed by atoms with E-state index >= 15 is 0 Å². The molecule has 0 spiro atoms. The molecule has 0 unspecified atom stereocenters. The van der Waals surface area contributed by atoms with Gasteiger partial charge >= 0.3 is 11.8 Å². The number of nitrogens with zero attached hydrogens (tertiary/aromatic N) is 2. The van der Waals surface area contributed by atoms with Crippen LogP contribution < -0.4 is 10.6 Å². The first kappa shape index (κ1) is 17.8. The third-order valence-electron chi connectivity index (χ3n) is 4.50. The summed E-state index contributed by atoms with van der Waals surface area (Å²) in [4.78, 5) is 24.4. The Morgan fingerprint density at radius 2 is 2.00 bits per heavy atom. The molecule has 3 rings (SSSR count). The van der Waals surface area contributed by atoms with Crippen molar-refractivity contribution < 1.29 is 9.59 Å². The minimum absolute atomic E-state index is 0.446. The van der Waals surface area contributed by atoms with Gasteiger partial charge < -0.3 is 10.6 Å². The molecule has 0 bridgehead atoms. The summed E-state index contributed by atoms with van der Waals surface area (Å²) in [6.45, 7) is 0. The molecule has 1 aliphatic carbocycles. The fourth-order valence-electron chi connectivity index (χ4n) is 2.95. The number of aromatic nitrogens is 2. The van der Waals surface area contributed by atoms with Crippen LogP contribution in [0.4, 0.5) is 5.82 Å². The lowest BCUT2D eigenvalue weighted by Gasteiger charge is -2.42. The molecule has 1 aliphatic rings. The zero-order chi connectivity index (χ0) is 18.0. The monoisotopic (exact) mass is 380 g/mol. The predicted molar refractivity (Wildman–Crippen MR) is 96.7 cm³/mol. The number of hydrogen-bond donors (Lipinski definition) is 2. The summed E-state index contributed by atoms with van der Waals surface area (Å²) >= 11 is 12.2. The zero-order valence-corrected chi connectivity index (χ0v) is 15.2. The van der Waals surface area contributed by atoms with Gasteiger partial charge in [0, 0.05) is 28.7 Å². The maximum atomic E-state index is 12.3. The molecule has 0 radical (unpaired) electrons. The number of hydrogen-bond acceptors (Lipinski definition) is 3. The van der Waals surface area contributed by atoms with Crippen molar-refractivity contribution in [1.82, 2.24) is 15.1 Å². The first-order chi connectivity index (χ1) is 11.9. The Hall–Kier alpha value is -2.05. The average molecular weight is 381 g/mol. The van der Waals surface area contributed by atoms with Gasteiger partial charge in [-0.25, -0.2) is 0 Å². The molecule has 2 amide bonds. The number of amides is 2. The van der Waals surface area contributed by atoms with Gasteiger partial charge in [0.15, 0.2) is 0 Å². The van der Waals surface area contributed by atoms with Gasteiger partial charge in [0.1, 0.15) is 5.82 Å². The molecule has 8 heteroatoms. The Labute approximate surface area is 155 Å². The van der Waals surface area contributed by atoms with Crippen molar-refractivity contribution in [2.45, 2.75) is 31.2 Å². The number of carbonyl (C=O) groups excluding carboxylic acids is 2. The van der Waals surface area contributed by atoms with E-state index in [1.807, 2.05) is 6.07 Å². The standard InChI is InChI=1S/C17H18Cl2N4O2/c1-23-14(5-8-20-23)21-15(24)16(25)22-17(6-2-7-17)10-11-3-4-12(18)9-13(11)19/h3-5,8-9H,2,6-7,10H2,1H3,(H,21,24)(H,22,25). The lowest BCUT2D eigenvalue weighted by molar-refractivity contribution is -0.138. The van der Waals surface area contributed by atoms with E-state index in [9.17, 15) is 9.59 Å². The van der Waals surface area contributed by atoms with Crippen molar-refractivity contribution in [1.29, 1.82) is 0 Å². The van der Waals surface area contributed by atoms with Crippen LogP contribution in [0.5, 0.6) is 0 Å². The number of carbonyl (C=O) groups is 2. The van der Waals surface area contributed by atoms with Crippen molar-refractivity contribution in [3.05, 3.63) is 46.1 Å². The van der Waals surface area contributed by atoms with Crippen LogP contribution in [0.1, 0.15) is 24.8 Å². The van der Waals surface area contributed by atoms with Crippen molar-refractivity contribution >= 4 is 40.8 Å². The summed E-state index contributed by atoms with van der Waals surface area (Å²) in [5.41, 5.74) is 0.455. The minimum Gasteiger partial charge on any atom is -0.342 e. The van der Waals surface area contributed by atoms with Gasteiger partial charge in [0.25, 0.3) is 0 Å². The Balaban J connectivity index is 1.67. The molecule has 1 heterocycles. The first-order valence-electron chi connectivity index (χ1n) is 7.94. The summed E-state index contributed by atoms with van der Waals surface area (Å²) in [5, 5.41) is 10.5. The van der Waals surface area contributed by atoms with Gasteiger partial charge in [0.05, 0.1) is 6.20 Å². The van der Waals surface area contributed by atoms with E-state index in [4.69, 9.17) is 23.2 Å². The maximum absolute atomic E-state index is 12.3. The van der Waals surface area contributed by atoms with Crippen LogP contribution in [-0.2, 0) is 23.1 Å². The maximum Gasteiger partial charge on any atom is 0.314 e. The molecule has 1 fully saturated rings. The van der Waals surface area contributed by atoms with Gasteiger partial charge in [-0.15, -0.1) is 0 Å². The number of benzene rings is 1. The molecule has 132 valence electrons. The van der Waals surface area contributed by atoms with Crippen LogP contribution in [0.3, 0.4) is 0 Å². The highest BCUT2D eigenvalue weighted by Gasteiger charge is 2.40. The fourth-order valence-corrected chi connectivity index (χ4v) is 3.42. The van der Waals surface area contributed by atoms with Crippen LogP contribution in [0.15, 0.2) is 30.5 Å². The second-order valence-electron chi connectivity index (χ2n) is 6.29. The van der Waals surface area contributed by atoms with E-state index in [2.05, 4.69) is 15.7 Å². The third kappa shape index (κ3) is 3.96. The van der Waals surface area contributed by atoms with Crippen molar-refractivity contribution in [3.63, 3.8) is 0 Å². The normalized spacial score (nSPS) is 15.3. The number of nitrogens with one attached hydrogen (secondary N) is 2. The van der Waals surface area contributed by atoms with E-state index in [1.54, 1.807) is 31.4 Å². The summed E-state index contributed by atoms with van der Waals surface area (Å²) in [5.74, 6) is -0.911. The fraction of sp³-hybridized carbons (Fsp3) is 0.353. The lowest BCUT2D eigenvalue weighted by Crippen LogP contribution is -2.57. The van der Waals surface area contributed by atoms with E-state index < -0.39 is 17.4 Å². The Morgan fingerprint density at radius 1 is 1.24 bits per heavy atom. The van der Waals surface area contributed by atoms with Crippen LogP contribution in [0, 0.1) is 0 Å². The van der Waals surface area contributed by atoms with Crippen LogP contribution in [0.2, 0.25) is 10.0 Å². The smallest absolute Gasteiger partial charge is 0.314 e. The molecule has 0 aliphatic heterocycles. The zero-order valence-electron chi connectivity index (χ0n) is 13.7. The van der Waals surface area contributed by atoms with Gasteiger partial charge in [-0.2, -0.15) is 5.10 Å². The van der Waals surface area contributed by atoms with E-state index in [-0.39, 0.29) is 0 Å². The van der Waals surface area contributed by atoms with E-state index in [1.165, 1.54) is 4.68 Å². The molecule has 1 aromatic carbocycles. The average Bonchev–Trinajstić information content (AvgIpc) is 2.92. The SMILES string of the molecule is Cn1nccc1NC(=O)C(=O)NC1(Cc2ccc(Cl)cc2Cl)CCC1. The molecule has 6 nitrogen and oxygen atoms in total. The highest BCUT2D eigenvalue weighted by Crippen LogP contribution is 2.37. The molecule has 1 saturated carbocycles. The minimum atomic E-state index is -0.711. The number of rotatable bonds is 4. The molecule has 25 heavy (non-hydrogen) atoms. The van der Waals surface area contributed by atoms with Crippen LogP contribution in [-0.4, -0.2) is 27.1 Å². The topological polar surface area (TPSA) is 76.0 Å². The number of anilines is 1. The number of aryl methyl sites for hydroxylation is 1. The Morgan fingerprint density at radius 3 is 2.56 bits per heavy atom. The summed E-state index contributed by atoms with van der Waals surface area (Å²) in [7, 11) is 1.68. The second-order valence-corrected chi connectivity index (χ2v) is 7.14. The van der Waals surface area contributed by atoms with Crippen molar-refractivity contribution in [3.8, 4) is 0 Å². The molecule has 2 N–H and O–H groups in total. The summed E-state index contributed by atoms with van der Waals surface area (Å²) in [6, 6.07) is 6.93. The van der Waals surface area contributed by atoms with Crippen molar-refractivity contribution in [2.75, 3.05) is 5.32 Å². The molecule has 0 atom stereocenters. The highest BCUT2D eigenvalue weighted by atomic mass is 35.5. The van der Waals surface area contributed by atoms with E-state index in [0.717, 1.165) is 24.8 Å². The molecule has 1 aromatic heterocycles. The summed E-state index contributed by atoms with van der Waals surface area (Å²) < 4.78 is 1.48. The summed E-state index contributed by atoms with van der Waals surface area (Å²) in [6.07, 6.45) is 4.71. The van der Waals surface area contributed by atoms with Gasteiger partial charge in [-0.05, 0) is 43.4 Å². The quantitative estimate of drug-likeness (QED) is 0.800. The largest absolute Gasteiger partial charge is 0.342 e. The molecular formula is C17H18Cl2N4O2. The van der Waals surface area contributed by atoms with Crippen LogP contribution >= 0.6 is 23.2 Å². The molecule has 2 aromatic rings. The van der Waals surface area contributed by atoms with Gasteiger partial charge in [-0.3, -0.25) is 14.3 Å². The number of halogens is 2. The molecule has 0 saturated heterocycles. The lowest BCUT2D eigenvalue weighted by atomic mass is 9.72. The molecular weight excluding hydrogens is 363 g/mol.